The van der Waals surface area contributed by atoms with E-state index in [1.54, 1.807) is 0 Å². The van der Waals surface area contributed by atoms with Gasteiger partial charge in [0.2, 0.25) is 0 Å². The molecule has 0 aliphatic carbocycles. The summed E-state index contributed by atoms with van der Waals surface area (Å²) in [6.07, 6.45) is 0. The van der Waals surface area contributed by atoms with Crippen molar-refractivity contribution < 1.29 is 30.1 Å². The molecule has 0 unspecified atom stereocenters. The summed E-state index contributed by atoms with van der Waals surface area (Å²) in [6, 6.07) is 0. The van der Waals surface area contributed by atoms with Crippen molar-refractivity contribution in [2.75, 3.05) is 26.4 Å². The molecule has 5 heteroatoms. The molecule has 0 aromatic carbocycles. The van der Waals surface area contributed by atoms with E-state index in [0.717, 1.165) is 0 Å². The zero-order valence-electron chi connectivity index (χ0n) is 8.91. The Labute approximate surface area is 84.6 Å². The first kappa shape index (κ1) is 13.4. The third-order valence-electron chi connectivity index (χ3n) is 1.15. The van der Waals surface area contributed by atoms with Crippen LogP contribution < -0.4 is 0 Å². The fraction of sp³-hybridized carbons (Fsp3) is 1.00. The van der Waals surface area contributed by atoms with Gasteiger partial charge in [0.25, 0.3) is 0 Å². The molecule has 0 aromatic rings. The van der Waals surface area contributed by atoms with Crippen LogP contribution >= 0.6 is 0 Å². The average Bonchev–Trinajstić information content (AvgIpc) is 2.06. The molecule has 0 saturated carbocycles. The van der Waals surface area contributed by atoms with Crippen LogP contribution in [-0.4, -0.2) is 26.4 Å². The zero-order valence-corrected chi connectivity index (χ0v) is 10.3. The van der Waals surface area contributed by atoms with Crippen molar-refractivity contribution in [1.29, 1.82) is 0 Å². The van der Waals surface area contributed by atoms with Gasteiger partial charge in [0.05, 0.1) is 0 Å². The van der Waals surface area contributed by atoms with E-state index in [1.807, 2.05) is 27.7 Å². The van der Waals surface area contributed by atoms with E-state index in [9.17, 15) is 0 Å². The minimum atomic E-state index is -3.15. The van der Waals surface area contributed by atoms with Gasteiger partial charge in [-0.25, -0.2) is 0 Å². The van der Waals surface area contributed by atoms with Gasteiger partial charge in [-0.05, 0) is 0 Å². The summed E-state index contributed by atoms with van der Waals surface area (Å²) in [7, 11) is 0. The van der Waals surface area contributed by atoms with Crippen LogP contribution in [0.5, 0.6) is 0 Å². The molecule has 0 N–H and O–H groups in total. The van der Waals surface area contributed by atoms with Gasteiger partial charge in [0, 0.05) is 0 Å². The maximum atomic E-state index is 5.46. The first-order valence-corrected chi connectivity index (χ1v) is 6.99. The Hall–Kier alpha value is 0.424. The molecular weight excluding hydrogens is 211 g/mol. The summed E-state index contributed by atoms with van der Waals surface area (Å²) < 4.78 is 21.8. The summed E-state index contributed by atoms with van der Waals surface area (Å²) in [5.41, 5.74) is 0. The molecule has 0 saturated heterocycles. The van der Waals surface area contributed by atoms with Gasteiger partial charge in [-0.15, -0.1) is 0 Å². The van der Waals surface area contributed by atoms with Crippen LogP contribution in [0.3, 0.4) is 0 Å². The molecule has 0 atom stereocenters. The molecule has 0 amide bonds. The van der Waals surface area contributed by atoms with Crippen molar-refractivity contribution in [2.24, 2.45) is 0 Å². The third-order valence-corrected chi connectivity index (χ3v) is 4.74. The molecule has 4 nitrogen and oxygen atoms in total. The topological polar surface area (TPSA) is 36.9 Å². The molecular formula is C8H20O4V. The number of rotatable bonds is 8. The standard InChI is InChI=1S/4C2H5O.V/c4*1-2-3;/h4*2H2,1H3;/q4*-1;+4. The summed E-state index contributed by atoms with van der Waals surface area (Å²) in [5, 5.41) is 0. The number of hydrogen-bond donors (Lipinski definition) is 0. The Kier molecular flexibility index (Phi) is 8.05. The molecule has 0 heterocycles. The van der Waals surface area contributed by atoms with E-state index >= 15 is 0 Å². The van der Waals surface area contributed by atoms with Crippen LogP contribution in [0.25, 0.3) is 0 Å². The van der Waals surface area contributed by atoms with E-state index < -0.39 is 15.4 Å². The molecule has 0 aliphatic rings. The quantitative estimate of drug-likeness (QED) is 0.639. The van der Waals surface area contributed by atoms with Crippen molar-refractivity contribution in [3.05, 3.63) is 0 Å². The fourth-order valence-electron chi connectivity index (χ4n) is 0.856. The van der Waals surface area contributed by atoms with E-state index in [4.69, 9.17) is 14.6 Å². The number of hydrogen-bond acceptors (Lipinski definition) is 4. The fourth-order valence-corrected chi connectivity index (χ4v) is 3.53. The van der Waals surface area contributed by atoms with Crippen molar-refractivity contribution in [3.63, 3.8) is 0 Å². The zero-order chi connectivity index (χ0) is 10.2. The average molecular weight is 231 g/mol. The van der Waals surface area contributed by atoms with Gasteiger partial charge in [-0.2, -0.15) is 0 Å². The molecule has 0 bridgehead atoms. The van der Waals surface area contributed by atoms with Crippen molar-refractivity contribution in [1.82, 2.24) is 0 Å². The molecule has 81 valence electrons. The molecule has 13 heavy (non-hydrogen) atoms. The predicted octanol–water partition coefficient (Wildman–Crippen LogP) is 1.95. The minimum absolute atomic E-state index is 0.562. The second-order valence-electron chi connectivity index (χ2n) is 2.12. The third kappa shape index (κ3) is 5.00. The van der Waals surface area contributed by atoms with Crippen LogP contribution in [0.4, 0.5) is 0 Å². The van der Waals surface area contributed by atoms with Gasteiger partial charge >= 0.3 is 84.2 Å². The SMILES string of the molecule is CC[O][V]([O]CC)([O]CC)[O]CC. The van der Waals surface area contributed by atoms with Gasteiger partial charge in [0.1, 0.15) is 0 Å². The normalized spacial score (nSPS) is 12.0. The Balaban J connectivity index is 4.19. The van der Waals surface area contributed by atoms with Crippen LogP contribution in [0.15, 0.2) is 0 Å². The first-order chi connectivity index (χ1) is 6.24. The Morgan fingerprint density at radius 3 is 1.00 bits per heavy atom. The van der Waals surface area contributed by atoms with E-state index in [-0.39, 0.29) is 0 Å². The van der Waals surface area contributed by atoms with Gasteiger partial charge in [0.15, 0.2) is 0 Å². The summed E-state index contributed by atoms with van der Waals surface area (Å²) in [4.78, 5) is 0. The van der Waals surface area contributed by atoms with Crippen LogP contribution in [0, 0.1) is 0 Å². The van der Waals surface area contributed by atoms with Crippen LogP contribution in [0.2, 0.25) is 0 Å². The maximum absolute atomic E-state index is 5.46. The summed E-state index contributed by atoms with van der Waals surface area (Å²) >= 11 is -3.15. The predicted molar refractivity (Wildman–Crippen MR) is 46.5 cm³/mol. The van der Waals surface area contributed by atoms with Crippen LogP contribution in [0.1, 0.15) is 27.7 Å². The van der Waals surface area contributed by atoms with Crippen molar-refractivity contribution >= 4 is 0 Å². The van der Waals surface area contributed by atoms with Crippen molar-refractivity contribution in [2.45, 2.75) is 27.7 Å². The summed E-state index contributed by atoms with van der Waals surface area (Å²) in [5.74, 6) is 0. The molecule has 0 radical (unpaired) electrons. The van der Waals surface area contributed by atoms with Crippen LogP contribution in [-0.2, 0) is 30.1 Å². The molecule has 0 aromatic heterocycles. The Bertz CT molecular complexity index is 91.2. The molecule has 0 aliphatic heterocycles. The van der Waals surface area contributed by atoms with E-state index in [2.05, 4.69) is 0 Å². The first-order valence-electron chi connectivity index (χ1n) is 4.71. The second-order valence-corrected chi connectivity index (χ2v) is 5.13. The van der Waals surface area contributed by atoms with E-state index in [0.29, 0.717) is 26.4 Å². The Morgan fingerprint density at radius 1 is 0.615 bits per heavy atom. The van der Waals surface area contributed by atoms with Gasteiger partial charge in [-0.1, -0.05) is 0 Å². The van der Waals surface area contributed by atoms with Gasteiger partial charge < -0.3 is 0 Å². The Morgan fingerprint density at radius 2 is 0.846 bits per heavy atom. The van der Waals surface area contributed by atoms with Crippen molar-refractivity contribution in [3.8, 4) is 0 Å². The summed E-state index contributed by atoms with van der Waals surface area (Å²) in [6.45, 7) is 9.89. The monoisotopic (exact) mass is 231 g/mol. The second kappa shape index (κ2) is 7.79. The molecule has 0 fully saturated rings. The van der Waals surface area contributed by atoms with Gasteiger partial charge in [-0.3, -0.25) is 0 Å². The molecule has 0 spiro atoms. The van der Waals surface area contributed by atoms with E-state index in [1.165, 1.54) is 0 Å². The molecule has 0 rings (SSSR count).